The molecule has 0 saturated carbocycles. The lowest BCUT2D eigenvalue weighted by Crippen LogP contribution is -2.33. The second kappa shape index (κ2) is 7.40. The average Bonchev–Trinajstić information content (AvgIpc) is 2.29. The zero-order valence-corrected chi connectivity index (χ0v) is 11.3. The van der Waals surface area contributed by atoms with E-state index in [9.17, 15) is 9.18 Å². The van der Waals surface area contributed by atoms with Crippen molar-refractivity contribution in [3.63, 3.8) is 0 Å². The minimum atomic E-state index is -0.187. The van der Waals surface area contributed by atoms with Crippen molar-refractivity contribution >= 4 is 21.8 Å². The molecule has 3 nitrogen and oxygen atoms in total. The van der Waals surface area contributed by atoms with Crippen LogP contribution in [0.15, 0.2) is 22.7 Å². The summed E-state index contributed by atoms with van der Waals surface area (Å²) in [4.78, 5) is 11.1. The van der Waals surface area contributed by atoms with Gasteiger partial charge in [0.1, 0.15) is 5.82 Å². The summed E-state index contributed by atoms with van der Waals surface area (Å²) >= 11 is 3.31. The zero-order valence-electron chi connectivity index (χ0n) is 9.72. The van der Waals surface area contributed by atoms with E-state index in [0.717, 1.165) is 17.3 Å². The molecule has 0 fully saturated rings. The number of aryl methyl sites for hydroxylation is 1. The number of benzene rings is 1. The van der Waals surface area contributed by atoms with E-state index >= 15 is 0 Å². The Bertz CT molecular complexity index is 385. The molecule has 1 amide bonds. The third-order valence-electron chi connectivity index (χ3n) is 2.37. The highest BCUT2D eigenvalue weighted by molar-refractivity contribution is 9.10. The molecular formula is C12H16BrFN2O. The summed E-state index contributed by atoms with van der Waals surface area (Å²) in [6.45, 7) is 0. The predicted octanol–water partition coefficient (Wildman–Crippen LogP) is 2.55. The lowest BCUT2D eigenvalue weighted by molar-refractivity contribution is -0.122. The number of amides is 1. The first-order chi connectivity index (χ1) is 8.13. The van der Waals surface area contributed by atoms with E-state index in [-0.39, 0.29) is 11.7 Å². The van der Waals surface area contributed by atoms with Crippen molar-refractivity contribution < 1.29 is 9.18 Å². The monoisotopic (exact) mass is 302 g/mol. The second-order valence-corrected chi connectivity index (χ2v) is 4.66. The van der Waals surface area contributed by atoms with Crippen LogP contribution < -0.4 is 10.9 Å². The third-order valence-corrected chi connectivity index (χ3v) is 2.87. The van der Waals surface area contributed by atoms with Gasteiger partial charge in [-0.1, -0.05) is 15.9 Å². The summed E-state index contributed by atoms with van der Waals surface area (Å²) in [5.74, 6) is -0.227. The molecule has 0 radical (unpaired) electrons. The number of nitrogens with one attached hydrogen (secondary N) is 2. The average molecular weight is 303 g/mol. The summed E-state index contributed by atoms with van der Waals surface area (Å²) in [6, 6.07) is 4.91. The molecule has 0 saturated heterocycles. The number of rotatable bonds is 6. The molecule has 5 heteroatoms. The Morgan fingerprint density at radius 2 is 2.18 bits per heavy atom. The van der Waals surface area contributed by atoms with Crippen molar-refractivity contribution in [3.05, 3.63) is 34.1 Å². The van der Waals surface area contributed by atoms with Gasteiger partial charge < -0.3 is 0 Å². The second-order valence-electron chi connectivity index (χ2n) is 3.74. The van der Waals surface area contributed by atoms with Crippen molar-refractivity contribution in [2.24, 2.45) is 0 Å². The van der Waals surface area contributed by atoms with Crippen molar-refractivity contribution in [1.29, 1.82) is 0 Å². The maximum Gasteiger partial charge on any atom is 0.234 e. The summed E-state index contributed by atoms with van der Waals surface area (Å²) in [5, 5.41) is 0. The van der Waals surface area contributed by atoms with Crippen molar-refractivity contribution in [1.82, 2.24) is 10.9 Å². The molecule has 1 rings (SSSR count). The molecule has 1 aromatic rings. The summed E-state index contributed by atoms with van der Waals surface area (Å²) < 4.78 is 14.2. The van der Waals surface area contributed by atoms with Gasteiger partial charge in [0.15, 0.2) is 0 Å². The molecule has 0 aliphatic heterocycles. The molecule has 0 unspecified atom stereocenters. The molecule has 2 N–H and O–H groups in total. The third kappa shape index (κ3) is 5.28. The van der Waals surface area contributed by atoms with Gasteiger partial charge in [-0.15, -0.1) is 0 Å². The van der Waals surface area contributed by atoms with Crippen molar-refractivity contribution in [2.75, 3.05) is 7.05 Å². The largest absolute Gasteiger partial charge is 0.292 e. The summed E-state index contributed by atoms with van der Waals surface area (Å²) in [6.07, 6.45) is 2.65. The van der Waals surface area contributed by atoms with Gasteiger partial charge in [0, 0.05) is 17.9 Å². The fourth-order valence-corrected chi connectivity index (χ4v) is 1.95. The standard InChI is InChI=1S/C12H16BrFN2O/c1-15-16-12(17)5-3-2-4-9-8-10(13)6-7-11(9)14/h6-8,15H,2-5H2,1H3,(H,16,17). The van der Waals surface area contributed by atoms with E-state index in [1.807, 2.05) is 0 Å². The lowest BCUT2D eigenvalue weighted by atomic mass is 10.1. The number of carbonyl (C=O) groups excluding carboxylic acids is 1. The van der Waals surface area contributed by atoms with Crippen molar-refractivity contribution in [3.8, 4) is 0 Å². The number of carbonyl (C=O) groups is 1. The smallest absolute Gasteiger partial charge is 0.234 e. The van der Waals surface area contributed by atoms with Gasteiger partial charge in [-0.05, 0) is 43.0 Å². The Balaban J connectivity index is 2.31. The molecule has 0 spiro atoms. The first-order valence-electron chi connectivity index (χ1n) is 5.53. The van der Waals surface area contributed by atoms with Gasteiger partial charge in [0.05, 0.1) is 0 Å². The SMILES string of the molecule is CNNC(=O)CCCCc1cc(Br)ccc1F. The molecule has 0 heterocycles. The predicted molar refractivity (Wildman–Crippen MR) is 68.9 cm³/mol. The van der Waals surface area contributed by atoms with E-state index in [4.69, 9.17) is 0 Å². The number of hydrogen-bond donors (Lipinski definition) is 2. The molecule has 1 aromatic carbocycles. The quantitative estimate of drug-likeness (QED) is 0.626. The van der Waals surface area contributed by atoms with Crippen LogP contribution in [0.25, 0.3) is 0 Å². The fourth-order valence-electron chi connectivity index (χ4n) is 1.54. The maximum atomic E-state index is 13.4. The van der Waals surface area contributed by atoms with E-state index < -0.39 is 0 Å². The molecule has 0 aromatic heterocycles. The summed E-state index contributed by atoms with van der Waals surface area (Å²) in [5.41, 5.74) is 5.76. The fraction of sp³-hybridized carbons (Fsp3) is 0.417. The van der Waals surface area contributed by atoms with Crippen LogP contribution in [0.5, 0.6) is 0 Å². The van der Waals surface area contributed by atoms with Gasteiger partial charge in [-0.2, -0.15) is 0 Å². The number of halogens is 2. The van der Waals surface area contributed by atoms with Crippen LogP contribution in [0.3, 0.4) is 0 Å². The number of hydrazine groups is 1. The van der Waals surface area contributed by atoms with Crippen LogP contribution in [-0.4, -0.2) is 13.0 Å². The topological polar surface area (TPSA) is 41.1 Å². The first-order valence-corrected chi connectivity index (χ1v) is 6.32. The van der Waals surface area contributed by atoms with Crippen LogP contribution in [-0.2, 0) is 11.2 Å². The zero-order chi connectivity index (χ0) is 12.7. The minimum absolute atomic E-state index is 0.0396. The molecule has 0 atom stereocenters. The highest BCUT2D eigenvalue weighted by Gasteiger charge is 2.04. The van der Waals surface area contributed by atoms with E-state index in [0.29, 0.717) is 18.4 Å². The van der Waals surface area contributed by atoms with Crippen LogP contribution >= 0.6 is 15.9 Å². The normalized spacial score (nSPS) is 10.3. The molecular weight excluding hydrogens is 287 g/mol. The van der Waals surface area contributed by atoms with E-state index in [1.165, 1.54) is 6.07 Å². The highest BCUT2D eigenvalue weighted by Crippen LogP contribution is 2.17. The Labute approximate surface area is 109 Å². The Morgan fingerprint density at radius 1 is 1.41 bits per heavy atom. The highest BCUT2D eigenvalue weighted by atomic mass is 79.9. The molecule has 0 aliphatic carbocycles. The molecule has 94 valence electrons. The number of hydrogen-bond acceptors (Lipinski definition) is 2. The van der Waals surface area contributed by atoms with Crippen LogP contribution in [0.4, 0.5) is 4.39 Å². The van der Waals surface area contributed by atoms with E-state index in [1.54, 1.807) is 19.2 Å². The lowest BCUT2D eigenvalue weighted by Gasteiger charge is -2.05. The van der Waals surface area contributed by atoms with Gasteiger partial charge in [0.2, 0.25) is 5.91 Å². The minimum Gasteiger partial charge on any atom is -0.292 e. The van der Waals surface area contributed by atoms with Gasteiger partial charge in [-0.3, -0.25) is 10.2 Å². The van der Waals surface area contributed by atoms with Crippen LogP contribution in [0.1, 0.15) is 24.8 Å². The molecule has 17 heavy (non-hydrogen) atoms. The molecule has 0 bridgehead atoms. The van der Waals surface area contributed by atoms with Crippen molar-refractivity contribution in [2.45, 2.75) is 25.7 Å². The Kier molecular flexibility index (Phi) is 6.15. The summed E-state index contributed by atoms with van der Waals surface area (Å²) in [7, 11) is 1.65. The number of unbranched alkanes of at least 4 members (excludes halogenated alkanes) is 1. The van der Waals surface area contributed by atoms with Gasteiger partial charge in [0.25, 0.3) is 0 Å². The van der Waals surface area contributed by atoms with Gasteiger partial charge in [-0.25, -0.2) is 9.82 Å². The first kappa shape index (κ1) is 14.1. The van der Waals surface area contributed by atoms with Gasteiger partial charge >= 0.3 is 0 Å². The van der Waals surface area contributed by atoms with Crippen LogP contribution in [0.2, 0.25) is 0 Å². The molecule has 0 aliphatic rings. The maximum absolute atomic E-state index is 13.4. The van der Waals surface area contributed by atoms with Crippen LogP contribution in [0, 0.1) is 5.82 Å². The Morgan fingerprint density at radius 3 is 2.88 bits per heavy atom. The van der Waals surface area contributed by atoms with E-state index in [2.05, 4.69) is 26.8 Å². The Hall–Kier alpha value is -0.940.